The highest BCUT2D eigenvalue weighted by Crippen LogP contribution is 2.31. The lowest BCUT2D eigenvalue weighted by Gasteiger charge is -2.27. The summed E-state index contributed by atoms with van der Waals surface area (Å²) in [5.74, 6) is 1.76. The zero-order valence-electron chi connectivity index (χ0n) is 11.5. The van der Waals surface area contributed by atoms with E-state index in [9.17, 15) is 0 Å². The standard InChI is InChI=1S/C16H18N4/c1-2-12(1)10-20-8-5-14-9-18-16(19-15(14)11-20)13-3-6-17-7-4-13/h3-4,6-7,9,12H,1-2,5,8,10-11H2. The second-order valence-electron chi connectivity index (χ2n) is 5.83. The molecular weight excluding hydrogens is 248 g/mol. The molecule has 1 fully saturated rings. The van der Waals surface area contributed by atoms with E-state index in [2.05, 4.69) is 14.9 Å². The van der Waals surface area contributed by atoms with Crippen molar-refractivity contribution in [2.75, 3.05) is 13.1 Å². The minimum atomic E-state index is 0.819. The Kier molecular flexibility index (Phi) is 2.96. The summed E-state index contributed by atoms with van der Waals surface area (Å²) < 4.78 is 0. The minimum Gasteiger partial charge on any atom is -0.297 e. The topological polar surface area (TPSA) is 41.9 Å². The van der Waals surface area contributed by atoms with Crippen molar-refractivity contribution in [1.82, 2.24) is 19.9 Å². The molecule has 0 saturated heterocycles. The average molecular weight is 266 g/mol. The van der Waals surface area contributed by atoms with E-state index in [1.807, 2.05) is 18.3 Å². The van der Waals surface area contributed by atoms with Gasteiger partial charge in [-0.2, -0.15) is 0 Å². The zero-order valence-corrected chi connectivity index (χ0v) is 11.5. The third kappa shape index (κ3) is 2.43. The Morgan fingerprint density at radius 1 is 1.20 bits per heavy atom. The van der Waals surface area contributed by atoms with Crippen LogP contribution in [0.2, 0.25) is 0 Å². The fourth-order valence-electron chi connectivity index (χ4n) is 2.82. The lowest BCUT2D eigenvalue weighted by molar-refractivity contribution is 0.240. The molecule has 2 aromatic rings. The van der Waals surface area contributed by atoms with Crippen molar-refractivity contribution in [3.63, 3.8) is 0 Å². The van der Waals surface area contributed by atoms with Crippen LogP contribution in [0.15, 0.2) is 30.7 Å². The van der Waals surface area contributed by atoms with E-state index in [1.165, 1.54) is 30.6 Å². The number of aromatic nitrogens is 3. The van der Waals surface area contributed by atoms with E-state index in [0.717, 1.165) is 36.8 Å². The van der Waals surface area contributed by atoms with Crippen LogP contribution in [0.1, 0.15) is 24.1 Å². The van der Waals surface area contributed by atoms with E-state index in [4.69, 9.17) is 4.98 Å². The molecule has 20 heavy (non-hydrogen) atoms. The summed E-state index contributed by atoms with van der Waals surface area (Å²) in [6.45, 7) is 3.38. The maximum absolute atomic E-state index is 4.78. The van der Waals surface area contributed by atoms with Crippen molar-refractivity contribution in [3.8, 4) is 11.4 Å². The molecule has 0 radical (unpaired) electrons. The minimum absolute atomic E-state index is 0.819. The monoisotopic (exact) mass is 266 g/mol. The molecule has 1 saturated carbocycles. The molecule has 4 heteroatoms. The molecule has 2 aromatic heterocycles. The van der Waals surface area contributed by atoms with Crippen LogP contribution in [-0.4, -0.2) is 32.9 Å². The summed E-state index contributed by atoms with van der Waals surface area (Å²) in [6.07, 6.45) is 9.49. The van der Waals surface area contributed by atoms with E-state index in [-0.39, 0.29) is 0 Å². The second-order valence-corrected chi connectivity index (χ2v) is 5.83. The summed E-state index contributed by atoms with van der Waals surface area (Å²) in [7, 11) is 0. The number of pyridine rings is 1. The Labute approximate surface area is 118 Å². The highest BCUT2D eigenvalue weighted by Gasteiger charge is 2.27. The molecule has 0 spiro atoms. The summed E-state index contributed by atoms with van der Waals surface area (Å²) in [5, 5.41) is 0. The quantitative estimate of drug-likeness (QED) is 0.855. The van der Waals surface area contributed by atoms with Crippen molar-refractivity contribution >= 4 is 0 Å². The molecule has 2 aliphatic rings. The zero-order chi connectivity index (χ0) is 13.4. The lowest BCUT2D eigenvalue weighted by atomic mass is 10.1. The molecular formula is C16H18N4. The molecule has 0 unspecified atom stereocenters. The van der Waals surface area contributed by atoms with Gasteiger partial charge in [0.15, 0.2) is 5.82 Å². The molecule has 3 heterocycles. The summed E-state index contributed by atoms with van der Waals surface area (Å²) in [5.41, 5.74) is 3.57. The van der Waals surface area contributed by atoms with Gasteiger partial charge in [-0.05, 0) is 42.9 Å². The van der Waals surface area contributed by atoms with E-state index >= 15 is 0 Å². The van der Waals surface area contributed by atoms with Crippen molar-refractivity contribution in [2.24, 2.45) is 5.92 Å². The van der Waals surface area contributed by atoms with Gasteiger partial charge in [0.05, 0.1) is 5.69 Å². The van der Waals surface area contributed by atoms with E-state index in [0.29, 0.717) is 0 Å². The molecule has 0 bridgehead atoms. The molecule has 102 valence electrons. The number of hydrogen-bond donors (Lipinski definition) is 0. The molecule has 1 aliphatic carbocycles. The van der Waals surface area contributed by atoms with Gasteiger partial charge in [-0.3, -0.25) is 9.88 Å². The highest BCUT2D eigenvalue weighted by molar-refractivity contribution is 5.53. The van der Waals surface area contributed by atoms with Crippen LogP contribution < -0.4 is 0 Å². The maximum atomic E-state index is 4.78. The fraction of sp³-hybridized carbons (Fsp3) is 0.438. The SMILES string of the molecule is c1cc(-c2ncc3c(n2)CN(CC2CC2)CC3)ccn1. The Morgan fingerprint density at radius 3 is 2.85 bits per heavy atom. The molecule has 1 aliphatic heterocycles. The molecule has 0 N–H and O–H groups in total. The van der Waals surface area contributed by atoms with Crippen LogP contribution in [0.4, 0.5) is 0 Å². The largest absolute Gasteiger partial charge is 0.297 e. The number of nitrogens with zero attached hydrogens (tertiary/aromatic N) is 4. The normalized spacial score (nSPS) is 18.8. The number of fused-ring (bicyclic) bond motifs is 1. The Morgan fingerprint density at radius 2 is 2.05 bits per heavy atom. The first-order valence-electron chi connectivity index (χ1n) is 7.36. The van der Waals surface area contributed by atoms with Gasteiger partial charge in [0.25, 0.3) is 0 Å². The number of rotatable bonds is 3. The summed E-state index contributed by atoms with van der Waals surface area (Å²) in [4.78, 5) is 15.9. The predicted molar refractivity (Wildman–Crippen MR) is 77.0 cm³/mol. The second kappa shape index (κ2) is 4.94. The van der Waals surface area contributed by atoms with Gasteiger partial charge >= 0.3 is 0 Å². The van der Waals surface area contributed by atoms with Gasteiger partial charge < -0.3 is 0 Å². The van der Waals surface area contributed by atoms with Gasteiger partial charge in [0.2, 0.25) is 0 Å². The smallest absolute Gasteiger partial charge is 0.159 e. The molecule has 0 amide bonds. The van der Waals surface area contributed by atoms with Gasteiger partial charge in [0.1, 0.15) is 0 Å². The third-order valence-electron chi connectivity index (χ3n) is 4.18. The van der Waals surface area contributed by atoms with Gasteiger partial charge in [-0.25, -0.2) is 9.97 Å². The molecule has 4 nitrogen and oxygen atoms in total. The van der Waals surface area contributed by atoms with E-state index < -0.39 is 0 Å². The highest BCUT2D eigenvalue weighted by atomic mass is 15.1. The van der Waals surface area contributed by atoms with Gasteiger partial charge in [-0.1, -0.05) is 0 Å². The van der Waals surface area contributed by atoms with Crippen LogP contribution in [0.25, 0.3) is 11.4 Å². The van der Waals surface area contributed by atoms with E-state index in [1.54, 1.807) is 12.4 Å². The number of hydrogen-bond acceptors (Lipinski definition) is 4. The molecule has 0 aromatic carbocycles. The van der Waals surface area contributed by atoms with Crippen molar-refractivity contribution in [2.45, 2.75) is 25.8 Å². The molecule has 0 atom stereocenters. The maximum Gasteiger partial charge on any atom is 0.159 e. The van der Waals surface area contributed by atoms with Crippen molar-refractivity contribution in [1.29, 1.82) is 0 Å². The van der Waals surface area contributed by atoms with Gasteiger partial charge in [-0.15, -0.1) is 0 Å². The van der Waals surface area contributed by atoms with Crippen LogP contribution in [0.5, 0.6) is 0 Å². The Balaban J connectivity index is 1.59. The average Bonchev–Trinajstić information content (AvgIpc) is 3.31. The first kappa shape index (κ1) is 12.0. The molecule has 4 rings (SSSR count). The van der Waals surface area contributed by atoms with Crippen LogP contribution in [0.3, 0.4) is 0 Å². The first-order chi connectivity index (χ1) is 9.88. The third-order valence-corrected chi connectivity index (χ3v) is 4.18. The van der Waals surface area contributed by atoms with Crippen molar-refractivity contribution < 1.29 is 0 Å². The van der Waals surface area contributed by atoms with Crippen LogP contribution >= 0.6 is 0 Å². The first-order valence-corrected chi connectivity index (χ1v) is 7.36. The Bertz CT molecular complexity index is 607. The van der Waals surface area contributed by atoms with Crippen molar-refractivity contribution in [3.05, 3.63) is 42.0 Å². The lowest BCUT2D eigenvalue weighted by Crippen LogP contribution is -2.33. The van der Waals surface area contributed by atoms with Gasteiger partial charge in [0, 0.05) is 43.8 Å². The van der Waals surface area contributed by atoms with Crippen LogP contribution in [0, 0.1) is 5.92 Å². The summed E-state index contributed by atoms with van der Waals surface area (Å²) >= 11 is 0. The predicted octanol–water partition coefficient (Wildman–Crippen LogP) is 2.31. The Hall–Kier alpha value is -1.81. The van der Waals surface area contributed by atoms with Crippen LogP contribution in [-0.2, 0) is 13.0 Å². The fourth-order valence-corrected chi connectivity index (χ4v) is 2.82. The summed E-state index contributed by atoms with van der Waals surface area (Å²) in [6, 6.07) is 3.93.